The second-order valence-corrected chi connectivity index (χ2v) is 6.43. The second kappa shape index (κ2) is 17.0. The number of carbonyl (C=O) groups is 1. The van der Waals surface area contributed by atoms with Crippen LogP contribution in [-0.4, -0.2) is 37.5 Å². The van der Waals surface area contributed by atoms with Crippen molar-refractivity contribution in [2.45, 2.75) is 96.2 Å². The van der Waals surface area contributed by atoms with Gasteiger partial charge in [0.1, 0.15) is 0 Å². The molecule has 0 aromatic carbocycles. The van der Waals surface area contributed by atoms with Crippen molar-refractivity contribution in [1.29, 1.82) is 0 Å². The summed E-state index contributed by atoms with van der Waals surface area (Å²) in [6, 6.07) is 0. The van der Waals surface area contributed by atoms with E-state index < -0.39 is 0 Å². The van der Waals surface area contributed by atoms with E-state index in [0.717, 1.165) is 38.5 Å². The van der Waals surface area contributed by atoms with Gasteiger partial charge in [-0.3, -0.25) is 4.79 Å². The van der Waals surface area contributed by atoms with Crippen molar-refractivity contribution in [3.05, 3.63) is 12.2 Å². The summed E-state index contributed by atoms with van der Waals surface area (Å²) in [4.78, 5) is 11.0. The van der Waals surface area contributed by atoms with Crippen LogP contribution < -0.4 is 0 Å². The van der Waals surface area contributed by atoms with Gasteiger partial charge in [0.25, 0.3) is 0 Å². The molecule has 2 unspecified atom stereocenters. The Morgan fingerprint density at radius 3 is 2.38 bits per heavy atom. The van der Waals surface area contributed by atoms with Crippen molar-refractivity contribution in [2.75, 3.05) is 14.2 Å². The second-order valence-electron chi connectivity index (χ2n) is 6.43. The normalized spacial score (nSPS) is 14.0. The van der Waals surface area contributed by atoms with E-state index in [4.69, 9.17) is 4.74 Å². The fourth-order valence-corrected chi connectivity index (χ4v) is 2.71. The molecule has 0 fully saturated rings. The highest BCUT2D eigenvalue weighted by atomic mass is 16.5. The number of methoxy groups -OCH3 is 2. The Morgan fingerprint density at radius 2 is 1.71 bits per heavy atom. The molecule has 0 spiro atoms. The lowest BCUT2D eigenvalue weighted by Gasteiger charge is -2.20. The van der Waals surface area contributed by atoms with Gasteiger partial charge in [0.15, 0.2) is 0 Å². The number of rotatable bonds is 16. The Bertz CT molecular complexity index is 315. The summed E-state index contributed by atoms with van der Waals surface area (Å²) in [7, 11) is 3.11. The zero-order valence-corrected chi connectivity index (χ0v) is 16.0. The number of aliphatic hydroxyl groups is 1. The SMILES string of the molecule is CCCCCC(O)C(C/C=C\CCCCCCCC(=O)OC)OC. The van der Waals surface area contributed by atoms with Crippen LogP contribution in [0.5, 0.6) is 0 Å². The van der Waals surface area contributed by atoms with Gasteiger partial charge >= 0.3 is 5.97 Å². The van der Waals surface area contributed by atoms with Crippen molar-refractivity contribution in [1.82, 2.24) is 0 Å². The highest BCUT2D eigenvalue weighted by Gasteiger charge is 2.16. The summed E-state index contributed by atoms with van der Waals surface area (Å²) in [6.45, 7) is 2.17. The maximum Gasteiger partial charge on any atom is 0.305 e. The summed E-state index contributed by atoms with van der Waals surface area (Å²) < 4.78 is 10.0. The van der Waals surface area contributed by atoms with Gasteiger partial charge in [-0.2, -0.15) is 0 Å². The zero-order valence-electron chi connectivity index (χ0n) is 16.0. The summed E-state index contributed by atoms with van der Waals surface area (Å²) in [5, 5.41) is 10.1. The van der Waals surface area contributed by atoms with Crippen LogP contribution in [-0.2, 0) is 14.3 Å². The fourth-order valence-electron chi connectivity index (χ4n) is 2.71. The number of hydrogen-bond acceptors (Lipinski definition) is 4. The molecule has 0 saturated heterocycles. The molecule has 0 rings (SSSR count). The molecule has 4 heteroatoms. The van der Waals surface area contributed by atoms with Crippen molar-refractivity contribution in [2.24, 2.45) is 0 Å². The molecule has 0 aromatic rings. The molecular weight excluding hydrogens is 304 g/mol. The molecule has 0 bridgehead atoms. The van der Waals surface area contributed by atoms with Gasteiger partial charge in [0.05, 0.1) is 19.3 Å². The molecule has 0 saturated carbocycles. The lowest BCUT2D eigenvalue weighted by molar-refractivity contribution is -0.140. The van der Waals surface area contributed by atoms with Gasteiger partial charge in [-0.25, -0.2) is 0 Å². The molecule has 24 heavy (non-hydrogen) atoms. The average Bonchev–Trinajstić information content (AvgIpc) is 2.59. The Labute approximate surface area is 148 Å². The molecule has 0 aliphatic rings. The maximum atomic E-state index is 11.0. The van der Waals surface area contributed by atoms with E-state index >= 15 is 0 Å². The van der Waals surface area contributed by atoms with Gasteiger partial charge in [-0.15, -0.1) is 0 Å². The quantitative estimate of drug-likeness (QED) is 0.249. The maximum absolute atomic E-state index is 11.0. The monoisotopic (exact) mass is 342 g/mol. The Balaban J connectivity index is 3.59. The lowest BCUT2D eigenvalue weighted by atomic mass is 10.0. The van der Waals surface area contributed by atoms with E-state index in [9.17, 15) is 9.90 Å². The zero-order chi connectivity index (χ0) is 18.0. The average molecular weight is 343 g/mol. The van der Waals surface area contributed by atoms with Crippen molar-refractivity contribution in [3.63, 3.8) is 0 Å². The van der Waals surface area contributed by atoms with Crippen LogP contribution in [0.2, 0.25) is 0 Å². The summed E-state index contributed by atoms with van der Waals surface area (Å²) in [5.41, 5.74) is 0. The van der Waals surface area contributed by atoms with Crippen molar-refractivity contribution < 1.29 is 19.4 Å². The van der Waals surface area contributed by atoms with Crippen molar-refractivity contribution in [3.8, 4) is 0 Å². The number of hydrogen-bond donors (Lipinski definition) is 1. The fraction of sp³-hybridized carbons (Fsp3) is 0.850. The number of unbranched alkanes of at least 4 members (excludes halogenated alkanes) is 7. The highest BCUT2D eigenvalue weighted by Crippen LogP contribution is 2.13. The number of aliphatic hydroxyl groups excluding tert-OH is 1. The molecule has 0 amide bonds. The van der Waals surface area contributed by atoms with Gasteiger partial charge < -0.3 is 14.6 Å². The van der Waals surface area contributed by atoms with E-state index in [1.165, 1.54) is 39.2 Å². The molecule has 0 aliphatic carbocycles. The van der Waals surface area contributed by atoms with E-state index in [1.807, 2.05) is 0 Å². The number of ether oxygens (including phenoxy) is 2. The Hall–Kier alpha value is -0.870. The summed E-state index contributed by atoms with van der Waals surface area (Å²) in [5.74, 6) is -0.109. The summed E-state index contributed by atoms with van der Waals surface area (Å²) in [6.07, 6.45) is 16.1. The molecule has 0 heterocycles. The van der Waals surface area contributed by atoms with Crippen LogP contribution in [0.25, 0.3) is 0 Å². The third kappa shape index (κ3) is 13.6. The Kier molecular flexibility index (Phi) is 16.4. The molecule has 0 aromatic heterocycles. The summed E-state index contributed by atoms with van der Waals surface area (Å²) >= 11 is 0. The van der Waals surface area contributed by atoms with E-state index in [0.29, 0.717) is 6.42 Å². The minimum atomic E-state index is -0.360. The predicted molar refractivity (Wildman–Crippen MR) is 99.0 cm³/mol. The molecule has 1 N–H and O–H groups in total. The molecule has 4 nitrogen and oxygen atoms in total. The lowest BCUT2D eigenvalue weighted by Crippen LogP contribution is -2.27. The largest absolute Gasteiger partial charge is 0.469 e. The van der Waals surface area contributed by atoms with Crippen molar-refractivity contribution >= 4 is 5.97 Å². The van der Waals surface area contributed by atoms with E-state index in [-0.39, 0.29) is 18.2 Å². The molecule has 2 atom stereocenters. The molecular formula is C20H38O4. The molecule has 0 aliphatic heterocycles. The number of carbonyl (C=O) groups excluding carboxylic acids is 1. The Morgan fingerprint density at radius 1 is 1.00 bits per heavy atom. The standard InChI is InChI=1S/C20H38O4/c1-4-5-12-15-18(21)19(23-2)16-13-10-8-6-7-9-11-14-17-20(22)24-3/h10,13,18-19,21H,4-9,11-12,14-17H2,1-3H3/b13-10-. The van der Waals surface area contributed by atoms with Crippen LogP contribution >= 0.6 is 0 Å². The predicted octanol–water partition coefficient (Wildman–Crippen LogP) is 4.79. The van der Waals surface area contributed by atoms with Gasteiger partial charge in [0, 0.05) is 13.5 Å². The van der Waals surface area contributed by atoms with Gasteiger partial charge in [0.2, 0.25) is 0 Å². The third-order valence-corrected chi connectivity index (χ3v) is 4.35. The van der Waals surface area contributed by atoms with Crippen LogP contribution in [0, 0.1) is 0 Å². The first kappa shape index (κ1) is 23.1. The van der Waals surface area contributed by atoms with E-state index in [2.05, 4.69) is 23.8 Å². The van der Waals surface area contributed by atoms with Crippen LogP contribution in [0.3, 0.4) is 0 Å². The number of esters is 1. The first-order valence-electron chi connectivity index (χ1n) is 9.58. The van der Waals surface area contributed by atoms with Crippen LogP contribution in [0.4, 0.5) is 0 Å². The van der Waals surface area contributed by atoms with Gasteiger partial charge in [-0.05, 0) is 32.1 Å². The molecule has 142 valence electrons. The van der Waals surface area contributed by atoms with Gasteiger partial charge in [-0.1, -0.05) is 57.6 Å². The molecule has 0 radical (unpaired) electrons. The first-order valence-corrected chi connectivity index (χ1v) is 9.58. The number of allylic oxidation sites excluding steroid dienone is 1. The minimum absolute atomic E-state index is 0.0866. The van der Waals surface area contributed by atoms with Crippen LogP contribution in [0.1, 0.15) is 84.0 Å². The van der Waals surface area contributed by atoms with Crippen LogP contribution in [0.15, 0.2) is 12.2 Å². The third-order valence-electron chi connectivity index (χ3n) is 4.35. The topological polar surface area (TPSA) is 55.8 Å². The highest BCUT2D eigenvalue weighted by molar-refractivity contribution is 5.68. The van der Waals surface area contributed by atoms with E-state index in [1.54, 1.807) is 7.11 Å². The minimum Gasteiger partial charge on any atom is -0.469 e. The first-order chi connectivity index (χ1) is 11.7. The smallest absolute Gasteiger partial charge is 0.305 e.